The molecule has 0 bridgehead atoms. The third-order valence-electron chi connectivity index (χ3n) is 4.40. The van der Waals surface area contributed by atoms with Crippen molar-refractivity contribution in [2.24, 2.45) is 5.92 Å². The molecule has 1 atom stereocenters. The maximum absolute atomic E-state index is 12.9. The minimum absolute atomic E-state index is 0.00826. The Balaban J connectivity index is 1.62. The van der Waals surface area contributed by atoms with Crippen molar-refractivity contribution in [1.29, 1.82) is 0 Å². The summed E-state index contributed by atoms with van der Waals surface area (Å²) in [7, 11) is 0. The minimum Gasteiger partial charge on any atom is -0.480 e. The van der Waals surface area contributed by atoms with Gasteiger partial charge in [-0.3, -0.25) is 19.2 Å². The van der Waals surface area contributed by atoms with Crippen LogP contribution in [0.2, 0.25) is 0 Å². The first-order valence-electron chi connectivity index (χ1n) is 9.03. The number of amides is 2. The Hall–Kier alpha value is -3.82. The van der Waals surface area contributed by atoms with Crippen LogP contribution in [0.15, 0.2) is 42.6 Å². The summed E-state index contributed by atoms with van der Waals surface area (Å²) in [5.74, 6) is -4.70. The third kappa shape index (κ3) is 5.16. The molecule has 0 spiro atoms. The van der Waals surface area contributed by atoms with Crippen LogP contribution >= 0.6 is 0 Å². The second-order valence-corrected chi connectivity index (χ2v) is 6.58. The molecule has 1 aliphatic rings. The number of nitrogens with one attached hydrogen (secondary N) is 1. The Morgan fingerprint density at radius 3 is 2.57 bits per heavy atom. The zero-order valence-corrected chi connectivity index (χ0v) is 15.7. The van der Waals surface area contributed by atoms with Crippen LogP contribution in [0.1, 0.15) is 12.0 Å². The molecule has 3 rings (SSSR count). The molecule has 2 heterocycles. The van der Waals surface area contributed by atoms with E-state index in [1.165, 1.54) is 17.0 Å². The topological polar surface area (TPSA) is 126 Å². The quantitative estimate of drug-likeness (QED) is 0.649. The molecule has 156 valence electrons. The summed E-state index contributed by atoms with van der Waals surface area (Å²) in [5, 5.41) is 10.7. The molecule has 1 fully saturated rings. The molecule has 2 N–H and O–H groups in total. The van der Waals surface area contributed by atoms with Crippen molar-refractivity contribution < 1.29 is 33.4 Å². The van der Waals surface area contributed by atoms with Gasteiger partial charge in [0.1, 0.15) is 18.1 Å². The van der Waals surface area contributed by atoms with Crippen LogP contribution in [0.25, 0.3) is 0 Å². The first kappa shape index (κ1) is 20.9. The van der Waals surface area contributed by atoms with Gasteiger partial charge in [0.15, 0.2) is 11.7 Å². The van der Waals surface area contributed by atoms with Gasteiger partial charge in [-0.05, 0) is 23.8 Å². The van der Waals surface area contributed by atoms with Crippen molar-refractivity contribution in [2.75, 3.05) is 13.1 Å². The Kier molecular flexibility index (Phi) is 6.35. The summed E-state index contributed by atoms with van der Waals surface area (Å²) in [5.41, 5.74) is 0.738. The van der Waals surface area contributed by atoms with E-state index >= 15 is 0 Å². The standard InChI is InChI=1S/C20H18FN3O6/c21-13-3-6-16(22-9-13)30-14-4-1-12(2-5-14)11-24-8-7-15(25)18(20(24)29)19(28)23-10-17(26)27/h1-6,9,18H,7-8,10-11H2,(H,23,28)(H,26,27). The van der Waals surface area contributed by atoms with E-state index in [9.17, 15) is 23.6 Å². The second-order valence-electron chi connectivity index (χ2n) is 6.58. The molecule has 2 amide bonds. The zero-order chi connectivity index (χ0) is 21.7. The van der Waals surface area contributed by atoms with Gasteiger partial charge in [0.05, 0.1) is 6.20 Å². The van der Waals surface area contributed by atoms with E-state index in [-0.39, 0.29) is 25.4 Å². The number of hydrogen-bond donors (Lipinski definition) is 2. The van der Waals surface area contributed by atoms with Crippen LogP contribution in [-0.4, -0.2) is 51.6 Å². The average Bonchev–Trinajstić information content (AvgIpc) is 2.72. The van der Waals surface area contributed by atoms with Crippen LogP contribution in [0.3, 0.4) is 0 Å². The molecule has 30 heavy (non-hydrogen) atoms. The Labute approximate surface area is 170 Å². The number of carbonyl (C=O) groups is 4. The molecule has 1 aliphatic heterocycles. The van der Waals surface area contributed by atoms with Crippen LogP contribution in [0, 0.1) is 11.7 Å². The van der Waals surface area contributed by atoms with Crippen molar-refractivity contribution in [3.05, 3.63) is 54.0 Å². The molecule has 2 aromatic rings. The molecule has 1 aromatic carbocycles. The lowest BCUT2D eigenvalue weighted by molar-refractivity contribution is -0.152. The van der Waals surface area contributed by atoms with Gasteiger partial charge < -0.3 is 20.1 Å². The van der Waals surface area contributed by atoms with Crippen LogP contribution in [0.4, 0.5) is 4.39 Å². The van der Waals surface area contributed by atoms with E-state index in [1.807, 2.05) is 0 Å². The highest BCUT2D eigenvalue weighted by molar-refractivity contribution is 6.19. The SMILES string of the molecule is O=C(O)CNC(=O)C1C(=O)CCN(Cc2ccc(Oc3ccc(F)cn3)cc2)C1=O. The summed E-state index contributed by atoms with van der Waals surface area (Å²) in [6.07, 6.45) is 1.05. The molecule has 0 saturated carbocycles. The number of carboxylic acid groups (broad SMARTS) is 1. The fourth-order valence-electron chi connectivity index (χ4n) is 2.93. The van der Waals surface area contributed by atoms with Gasteiger partial charge in [-0.2, -0.15) is 0 Å². The lowest BCUT2D eigenvalue weighted by atomic mass is 9.94. The summed E-state index contributed by atoms with van der Waals surface area (Å²) < 4.78 is 18.4. The molecule has 10 heteroatoms. The summed E-state index contributed by atoms with van der Waals surface area (Å²) >= 11 is 0. The number of nitrogens with zero attached hydrogens (tertiary/aromatic N) is 2. The third-order valence-corrected chi connectivity index (χ3v) is 4.40. The average molecular weight is 415 g/mol. The van der Waals surface area contributed by atoms with Gasteiger partial charge in [0, 0.05) is 25.6 Å². The fourth-order valence-corrected chi connectivity index (χ4v) is 2.93. The lowest BCUT2D eigenvalue weighted by Gasteiger charge is -2.30. The maximum Gasteiger partial charge on any atom is 0.322 e. The van der Waals surface area contributed by atoms with E-state index in [0.717, 1.165) is 11.8 Å². The number of ketones is 1. The summed E-state index contributed by atoms with van der Waals surface area (Å²) in [4.78, 5) is 52.5. The number of pyridine rings is 1. The highest BCUT2D eigenvalue weighted by Crippen LogP contribution is 2.22. The maximum atomic E-state index is 12.9. The van der Waals surface area contributed by atoms with Crippen LogP contribution < -0.4 is 10.1 Å². The molecular formula is C20H18FN3O6. The number of carbonyl (C=O) groups excluding carboxylic acids is 3. The van der Waals surface area contributed by atoms with Crippen molar-refractivity contribution in [2.45, 2.75) is 13.0 Å². The zero-order valence-electron chi connectivity index (χ0n) is 15.7. The number of likely N-dealkylation sites (tertiary alicyclic amines) is 1. The van der Waals surface area contributed by atoms with Gasteiger partial charge in [-0.15, -0.1) is 0 Å². The molecule has 1 saturated heterocycles. The lowest BCUT2D eigenvalue weighted by Crippen LogP contribution is -2.52. The molecule has 0 radical (unpaired) electrons. The summed E-state index contributed by atoms with van der Waals surface area (Å²) in [6.45, 7) is -0.331. The first-order chi connectivity index (χ1) is 14.3. The van der Waals surface area contributed by atoms with Gasteiger partial charge in [-0.1, -0.05) is 12.1 Å². The molecule has 9 nitrogen and oxygen atoms in total. The number of aliphatic carboxylic acids is 1. The van der Waals surface area contributed by atoms with Gasteiger partial charge in [-0.25, -0.2) is 9.37 Å². The van der Waals surface area contributed by atoms with E-state index in [4.69, 9.17) is 9.84 Å². The molecular weight excluding hydrogens is 397 g/mol. The van der Waals surface area contributed by atoms with Crippen LogP contribution in [-0.2, 0) is 25.7 Å². The highest BCUT2D eigenvalue weighted by atomic mass is 19.1. The largest absolute Gasteiger partial charge is 0.480 e. The monoisotopic (exact) mass is 415 g/mol. The van der Waals surface area contributed by atoms with Crippen molar-refractivity contribution in [3.63, 3.8) is 0 Å². The first-order valence-corrected chi connectivity index (χ1v) is 9.03. The van der Waals surface area contributed by atoms with Gasteiger partial charge in [0.2, 0.25) is 17.7 Å². The highest BCUT2D eigenvalue weighted by Gasteiger charge is 2.40. The molecule has 1 aromatic heterocycles. The number of rotatable bonds is 7. The van der Waals surface area contributed by atoms with Crippen molar-refractivity contribution in [1.82, 2.24) is 15.2 Å². The second kappa shape index (κ2) is 9.12. The van der Waals surface area contributed by atoms with E-state index in [0.29, 0.717) is 5.75 Å². The number of piperidine rings is 1. The normalized spacial score (nSPS) is 16.3. The Morgan fingerprint density at radius 2 is 1.93 bits per heavy atom. The number of benzene rings is 1. The van der Waals surface area contributed by atoms with E-state index in [2.05, 4.69) is 10.3 Å². The number of halogens is 1. The number of ether oxygens (including phenoxy) is 1. The molecule has 1 unspecified atom stereocenters. The van der Waals surface area contributed by atoms with E-state index in [1.54, 1.807) is 24.3 Å². The van der Waals surface area contributed by atoms with Gasteiger partial charge >= 0.3 is 5.97 Å². The van der Waals surface area contributed by atoms with Gasteiger partial charge in [0.25, 0.3) is 0 Å². The van der Waals surface area contributed by atoms with Crippen molar-refractivity contribution in [3.8, 4) is 11.6 Å². The number of carboxylic acids is 1. The predicted molar refractivity (Wildman–Crippen MR) is 99.9 cm³/mol. The number of aromatic nitrogens is 1. The molecule has 0 aliphatic carbocycles. The minimum atomic E-state index is -1.54. The van der Waals surface area contributed by atoms with E-state index < -0.39 is 41.8 Å². The Morgan fingerprint density at radius 1 is 1.20 bits per heavy atom. The smallest absolute Gasteiger partial charge is 0.322 e. The fraction of sp³-hybridized carbons (Fsp3) is 0.250. The number of hydrogen-bond acceptors (Lipinski definition) is 6. The van der Waals surface area contributed by atoms with Crippen LogP contribution in [0.5, 0.6) is 11.6 Å². The Bertz CT molecular complexity index is 962. The van der Waals surface area contributed by atoms with Crippen molar-refractivity contribution >= 4 is 23.6 Å². The predicted octanol–water partition coefficient (Wildman–Crippen LogP) is 1.13. The summed E-state index contributed by atoms with van der Waals surface area (Å²) in [6, 6.07) is 9.34. The number of Topliss-reactive ketones (excluding diaryl/α,β-unsaturated/α-hetero) is 1.